The van der Waals surface area contributed by atoms with Gasteiger partial charge in [0.2, 0.25) is 5.91 Å². The van der Waals surface area contributed by atoms with Crippen LogP contribution in [-0.2, 0) is 16.8 Å². The second-order valence-corrected chi connectivity index (χ2v) is 5.09. The molecule has 0 atom stereocenters. The van der Waals surface area contributed by atoms with Gasteiger partial charge in [-0.15, -0.1) is 0 Å². The SMILES string of the molecule is O=C(NCCn1cccn1)C1(c2ccccc2F)CC1. The fourth-order valence-electron chi connectivity index (χ4n) is 2.48. The number of benzene rings is 1. The van der Waals surface area contributed by atoms with Crippen molar-refractivity contribution >= 4 is 5.91 Å². The first-order valence-corrected chi connectivity index (χ1v) is 6.73. The van der Waals surface area contributed by atoms with Gasteiger partial charge in [-0.05, 0) is 25.0 Å². The van der Waals surface area contributed by atoms with Crippen molar-refractivity contribution in [3.05, 3.63) is 54.1 Å². The van der Waals surface area contributed by atoms with Crippen LogP contribution in [-0.4, -0.2) is 22.2 Å². The van der Waals surface area contributed by atoms with Crippen LogP contribution in [0.4, 0.5) is 4.39 Å². The van der Waals surface area contributed by atoms with Crippen molar-refractivity contribution in [2.45, 2.75) is 24.8 Å². The van der Waals surface area contributed by atoms with Crippen molar-refractivity contribution in [1.82, 2.24) is 15.1 Å². The number of nitrogens with one attached hydrogen (secondary N) is 1. The van der Waals surface area contributed by atoms with E-state index in [1.54, 1.807) is 29.1 Å². The van der Waals surface area contributed by atoms with Gasteiger partial charge in [0.15, 0.2) is 0 Å². The van der Waals surface area contributed by atoms with E-state index in [0.29, 0.717) is 31.5 Å². The van der Waals surface area contributed by atoms with Gasteiger partial charge in [0.1, 0.15) is 5.82 Å². The Morgan fingerprint density at radius 1 is 1.35 bits per heavy atom. The van der Waals surface area contributed by atoms with Gasteiger partial charge in [0.25, 0.3) is 0 Å². The number of nitrogens with zero attached hydrogens (tertiary/aromatic N) is 2. The smallest absolute Gasteiger partial charge is 0.230 e. The molecule has 1 fully saturated rings. The Bertz CT molecular complexity index is 605. The molecule has 2 aromatic rings. The molecule has 1 aliphatic rings. The van der Waals surface area contributed by atoms with Crippen molar-refractivity contribution in [3.8, 4) is 0 Å². The van der Waals surface area contributed by atoms with E-state index < -0.39 is 5.41 Å². The first-order chi connectivity index (χ1) is 9.72. The lowest BCUT2D eigenvalue weighted by molar-refractivity contribution is -0.123. The summed E-state index contributed by atoms with van der Waals surface area (Å²) in [4.78, 5) is 12.3. The Morgan fingerprint density at radius 2 is 2.15 bits per heavy atom. The summed E-state index contributed by atoms with van der Waals surface area (Å²) >= 11 is 0. The van der Waals surface area contributed by atoms with Crippen molar-refractivity contribution in [3.63, 3.8) is 0 Å². The summed E-state index contributed by atoms with van der Waals surface area (Å²) < 4.78 is 15.6. The standard InChI is InChI=1S/C15H16FN3O/c16-13-5-2-1-4-12(13)15(6-7-15)14(20)17-9-11-19-10-3-8-18-19/h1-5,8,10H,6-7,9,11H2,(H,17,20). The molecule has 0 saturated heterocycles. The zero-order valence-electron chi connectivity index (χ0n) is 11.1. The van der Waals surface area contributed by atoms with Gasteiger partial charge in [-0.3, -0.25) is 9.48 Å². The van der Waals surface area contributed by atoms with E-state index in [2.05, 4.69) is 10.4 Å². The molecule has 1 saturated carbocycles. The summed E-state index contributed by atoms with van der Waals surface area (Å²) in [7, 11) is 0. The maximum absolute atomic E-state index is 13.8. The molecule has 1 amide bonds. The number of halogens is 1. The molecule has 1 aromatic carbocycles. The van der Waals surface area contributed by atoms with Gasteiger partial charge in [-0.2, -0.15) is 5.10 Å². The number of carbonyl (C=O) groups excluding carboxylic acids is 1. The van der Waals surface area contributed by atoms with Crippen LogP contribution < -0.4 is 5.32 Å². The molecule has 1 N–H and O–H groups in total. The van der Waals surface area contributed by atoms with E-state index >= 15 is 0 Å². The van der Waals surface area contributed by atoms with Crippen molar-refractivity contribution in [2.75, 3.05) is 6.54 Å². The molecule has 1 heterocycles. The topological polar surface area (TPSA) is 46.9 Å². The lowest BCUT2D eigenvalue weighted by Gasteiger charge is -2.16. The van der Waals surface area contributed by atoms with Crippen LogP contribution in [0.3, 0.4) is 0 Å². The largest absolute Gasteiger partial charge is 0.353 e. The van der Waals surface area contributed by atoms with Crippen LogP contribution in [0.15, 0.2) is 42.7 Å². The first-order valence-electron chi connectivity index (χ1n) is 6.73. The van der Waals surface area contributed by atoms with Crippen LogP contribution in [0.1, 0.15) is 18.4 Å². The molecule has 0 radical (unpaired) electrons. The second-order valence-electron chi connectivity index (χ2n) is 5.09. The number of hydrogen-bond acceptors (Lipinski definition) is 2. The van der Waals surface area contributed by atoms with Crippen LogP contribution in [0.5, 0.6) is 0 Å². The molecule has 1 aliphatic carbocycles. The molecule has 3 rings (SSSR count). The fourth-order valence-corrected chi connectivity index (χ4v) is 2.48. The van der Waals surface area contributed by atoms with E-state index in [9.17, 15) is 9.18 Å². The monoisotopic (exact) mass is 273 g/mol. The highest BCUT2D eigenvalue weighted by Crippen LogP contribution is 2.49. The van der Waals surface area contributed by atoms with Crippen molar-refractivity contribution in [2.24, 2.45) is 0 Å². The van der Waals surface area contributed by atoms with Gasteiger partial charge >= 0.3 is 0 Å². The number of aromatic nitrogens is 2. The minimum Gasteiger partial charge on any atom is -0.353 e. The summed E-state index contributed by atoms with van der Waals surface area (Å²) in [5.74, 6) is -0.387. The molecule has 20 heavy (non-hydrogen) atoms. The highest BCUT2D eigenvalue weighted by molar-refractivity contribution is 5.91. The number of hydrogen-bond donors (Lipinski definition) is 1. The summed E-state index contributed by atoms with van der Waals surface area (Å²) in [5.41, 5.74) is -0.147. The van der Waals surface area contributed by atoms with Gasteiger partial charge in [0, 0.05) is 24.5 Å². The van der Waals surface area contributed by atoms with Crippen LogP contribution >= 0.6 is 0 Å². The van der Waals surface area contributed by atoms with Crippen LogP contribution in [0.25, 0.3) is 0 Å². The summed E-state index contributed by atoms with van der Waals surface area (Å²) in [6.07, 6.45) is 4.96. The Hall–Kier alpha value is -2.17. The quantitative estimate of drug-likeness (QED) is 0.904. The van der Waals surface area contributed by atoms with E-state index in [1.165, 1.54) is 6.07 Å². The van der Waals surface area contributed by atoms with E-state index in [1.807, 2.05) is 12.3 Å². The van der Waals surface area contributed by atoms with Crippen LogP contribution in [0.2, 0.25) is 0 Å². The second kappa shape index (κ2) is 5.07. The highest BCUT2D eigenvalue weighted by atomic mass is 19.1. The molecule has 0 aliphatic heterocycles. The third-order valence-electron chi connectivity index (χ3n) is 3.76. The zero-order valence-corrected chi connectivity index (χ0v) is 11.1. The summed E-state index contributed by atoms with van der Waals surface area (Å²) in [5, 5.41) is 6.95. The van der Waals surface area contributed by atoms with Crippen molar-refractivity contribution < 1.29 is 9.18 Å². The average molecular weight is 273 g/mol. The zero-order chi connectivity index (χ0) is 14.0. The maximum Gasteiger partial charge on any atom is 0.230 e. The third kappa shape index (κ3) is 2.31. The van der Waals surface area contributed by atoms with Gasteiger partial charge < -0.3 is 5.32 Å². The van der Waals surface area contributed by atoms with Gasteiger partial charge in [-0.1, -0.05) is 18.2 Å². The Balaban J connectivity index is 1.63. The number of rotatable bonds is 5. The van der Waals surface area contributed by atoms with E-state index in [4.69, 9.17) is 0 Å². The molecule has 0 unspecified atom stereocenters. The molecule has 104 valence electrons. The van der Waals surface area contributed by atoms with Crippen molar-refractivity contribution in [1.29, 1.82) is 0 Å². The first kappa shape index (κ1) is 12.8. The van der Waals surface area contributed by atoms with E-state index in [0.717, 1.165) is 0 Å². The predicted molar refractivity (Wildman–Crippen MR) is 72.5 cm³/mol. The minimum absolute atomic E-state index is 0.0882. The number of amides is 1. The Kier molecular flexibility index (Phi) is 3.26. The normalized spacial score (nSPS) is 15.8. The molecule has 4 nitrogen and oxygen atoms in total. The van der Waals surface area contributed by atoms with E-state index in [-0.39, 0.29) is 11.7 Å². The Labute approximate surface area is 116 Å². The molecular weight excluding hydrogens is 257 g/mol. The van der Waals surface area contributed by atoms with Crippen LogP contribution in [0, 0.1) is 5.82 Å². The molecule has 0 spiro atoms. The average Bonchev–Trinajstić information content (AvgIpc) is 3.09. The molecular formula is C15H16FN3O. The molecule has 0 bridgehead atoms. The highest BCUT2D eigenvalue weighted by Gasteiger charge is 2.52. The summed E-state index contributed by atoms with van der Waals surface area (Å²) in [6.45, 7) is 1.11. The fraction of sp³-hybridized carbons (Fsp3) is 0.333. The molecule has 1 aromatic heterocycles. The molecule has 5 heteroatoms. The van der Waals surface area contributed by atoms with Gasteiger partial charge in [0.05, 0.1) is 12.0 Å². The summed E-state index contributed by atoms with van der Waals surface area (Å²) in [6, 6.07) is 8.37. The predicted octanol–water partition coefficient (Wildman–Crippen LogP) is 1.87. The van der Waals surface area contributed by atoms with Gasteiger partial charge in [-0.25, -0.2) is 4.39 Å². The minimum atomic E-state index is -0.657. The number of carbonyl (C=O) groups is 1. The third-order valence-corrected chi connectivity index (χ3v) is 3.76. The maximum atomic E-state index is 13.8. The Morgan fingerprint density at radius 3 is 2.80 bits per heavy atom. The lowest BCUT2D eigenvalue weighted by Crippen LogP contribution is -2.37. The lowest BCUT2D eigenvalue weighted by atomic mass is 9.94.